The summed E-state index contributed by atoms with van der Waals surface area (Å²) in [5, 5.41) is 3.44. The summed E-state index contributed by atoms with van der Waals surface area (Å²) in [6.45, 7) is 0.700. The molecule has 0 amide bonds. The van der Waals surface area contributed by atoms with Crippen molar-refractivity contribution < 1.29 is 13.2 Å². The van der Waals surface area contributed by atoms with Crippen LogP contribution in [0.4, 0.5) is 5.69 Å². The Morgan fingerprint density at radius 3 is 2.52 bits per heavy atom. The molecule has 4 nitrogen and oxygen atoms in total. The van der Waals surface area contributed by atoms with E-state index in [-0.39, 0.29) is 11.2 Å². The number of hydrogen-bond donors (Lipinski definition) is 1. The normalized spacial score (nSPS) is 20.9. The van der Waals surface area contributed by atoms with Crippen LogP contribution in [-0.4, -0.2) is 33.1 Å². The fraction of sp³-hybridized carbons (Fsp3) is 0.667. The molecule has 0 heterocycles. The van der Waals surface area contributed by atoms with Crippen molar-refractivity contribution in [1.29, 1.82) is 0 Å². The molecule has 1 aromatic carbocycles. The standard InChI is InChI=1S/C18H27NO3S/c1-23(20,21)14-18(11-12-18)13-19-16-9-5-6-10-17(16)22-15-7-3-2-4-8-15/h5-6,9-10,15,19H,2-4,7-8,11-14H2,1H3. The molecular weight excluding hydrogens is 310 g/mol. The molecule has 23 heavy (non-hydrogen) atoms. The molecule has 0 spiro atoms. The second-order valence-corrected chi connectivity index (χ2v) is 9.44. The van der Waals surface area contributed by atoms with Crippen molar-refractivity contribution in [3.8, 4) is 5.75 Å². The van der Waals surface area contributed by atoms with Crippen LogP contribution in [0.5, 0.6) is 5.75 Å². The molecule has 128 valence electrons. The fourth-order valence-corrected chi connectivity index (χ4v) is 4.97. The first-order valence-corrected chi connectivity index (χ1v) is 10.7. The number of anilines is 1. The van der Waals surface area contributed by atoms with E-state index in [4.69, 9.17) is 4.74 Å². The number of para-hydroxylation sites is 2. The average Bonchev–Trinajstić information content (AvgIpc) is 3.25. The predicted octanol–water partition coefficient (Wildman–Crippen LogP) is 3.63. The van der Waals surface area contributed by atoms with E-state index in [1.807, 2.05) is 24.3 Å². The van der Waals surface area contributed by atoms with Gasteiger partial charge in [0, 0.05) is 18.2 Å². The van der Waals surface area contributed by atoms with Crippen molar-refractivity contribution in [2.24, 2.45) is 5.41 Å². The minimum atomic E-state index is -2.93. The van der Waals surface area contributed by atoms with E-state index in [0.717, 1.165) is 37.1 Å². The zero-order chi connectivity index (χ0) is 16.3. The minimum absolute atomic E-state index is 0.0778. The van der Waals surface area contributed by atoms with Crippen LogP contribution in [0.15, 0.2) is 24.3 Å². The van der Waals surface area contributed by atoms with Crippen molar-refractivity contribution >= 4 is 15.5 Å². The number of hydrogen-bond acceptors (Lipinski definition) is 4. The van der Waals surface area contributed by atoms with E-state index in [1.165, 1.54) is 25.5 Å². The van der Waals surface area contributed by atoms with Gasteiger partial charge in [-0.2, -0.15) is 0 Å². The summed E-state index contributed by atoms with van der Waals surface area (Å²) in [4.78, 5) is 0. The Labute approximate surface area is 139 Å². The number of rotatable bonds is 7. The molecular formula is C18H27NO3S. The van der Waals surface area contributed by atoms with E-state index in [0.29, 0.717) is 12.6 Å². The topological polar surface area (TPSA) is 55.4 Å². The summed E-state index contributed by atoms with van der Waals surface area (Å²) in [5.41, 5.74) is 0.906. The molecule has 0 aromatic heterocycles. The maximum absolute atomic E-state index is 11.6. The lowest BCUT2D eigenvalue weighted by Gasteiger charge is -2.25. The van der Waals surface area contributed by atoms with Crippen molar-refractivity contribution in [3.05, 3.63) is 24.3 Å². The maximum Gasteiger partial charge on any atom is 0.148 e. The number of nitrogens with one attached hydrogen (secondary N) is 1. The average molecular weight is 337 g/mol. The van der Waals surface area contributed by atoms with Gasteiger partial charge in [0.1, 0.15) is 15.6 Å². The molecule has 0 atom stereocenters. The van der Waals surface area contributed by atoms with Crippen molar-refractivity contribution in [2.75, 3.05) is 23.9 Å². The molecule has 2 aliphatic rings. The van der Waals surface area contributed by atoms with Gasteiger partial charge in [0.15, 0.2) is 0 Å². The quantitative estimate of drug-likeness (QED) is 0.825. The lowest BCUT2D eigenvalue weighted by molar-refractivity contribution is 0.156. The van der Waals surface area contributed by atoms with Crippen molar-refractivity contribution in [2.45, 2.75) is 51.0 Å². The molecule has 0 saturated heterocycles. The molecule has 1 aromatic rings. The third-order valence-electron chi connectivity index (χ3n) is 4.91. The molecule has 1 N–H and O–H groups in total. The third-order valence-corrected chi connectivity index (χ3v) is 6.05. The molecule has 0 bridgehead atoms. The number of sulfone groups is 1. The summed E-state index contributed by atoms with van der Waals surface area (Å²) in [5.74, 6) is 1.17. The molecule has 0 radical (unpaired) electrons. The smallest absolute Gasteiger partial charge is 0.148 e. The first-order chi connectivity index (χ1) is 11.0. The fourth-order valence-electron chi connectivity index (χ4n) is 3.47. The van der Waals surface area contributed by atoms with Gasteiger partial charge in [-0.15, -0.1) is 0 Å². The monoisotopic (exact) mass is 337 g/mol. The van der Waals surface area contributed by atoms with Crippen LogP contribution >= 0.6 is 0 Å². The van der Waals surface area contributed by atoms with E-state index < -0.39 is 9.84 Å². The number of ether oxygens (including phenoxy) is 1. The van der Waals surface area contributed by atoms with E-state index >= 15 is 0 Å². The predicted molar refractivity (Wildman–Crippen MR) is 93.8 cm³/mol. The first-order valence-electron chi connectivity index (χ1n) is 8.63. The largest absolute Gasteiger partial charge is 0.488 e. The molecule has 0 unspecified atom stereocenters. The van der Waals surface area contributed by atoms with Gasteiger partial charge in [-0.05, 0) is 50.7 Å². The Balaban J connectivity index is 1.62. The molecule has 3 rings (SSSR count). The lowest BCUT2D eigenvalue weighted by Crippen LogP contribution is -2.25. The Hall–Kier alpha value is -1.23. The molecule has 2 saturated carbocycles. The second-order valence-electron chi connectivity index (χ2n) is 7.30. The van der Waals surface area contributed by atoms with Gasteiger partial charge in [0.05, 0.1) is 17.5 Å². The Morgan fingerprint density at radius 2 is 1.87 bits per heavy atom. The highest BCUT2D eigenvalue weighted by molar-refractivity contribution is 7.90. The Bertz CT molecular complexity index is 631. The van der Waals surface area contributed by atoms with Crippen LogP contribution in [-0.2, 0) is 9.84 Å². The summed E-state index contributed by atoms with van der Waals surface area (Å²) < 4.78 is 29.3. The summed E-state index contributed by atoms with van der Waals surface area (Å²) in [6, 6.07) is 8.01. The van der Waals surface area contributed by atoms with Gasteiger partial charge in [0.2, 0.25) is 0 Å². The highest BCUT2D eigenvalue weighted by Gasteiger charge is 2.45. The SMILES string of the molecule is CS(=O)(=O)CC1(CNc2ccccc2OC2CCCCC2)CC1. The molecule has 2 aliphatic carbocycles. The van der Waals surface area contributed by atoms with Crippen LogP contribution < -0.4 is 10.1 Å². The molecule has 2 fully saturated rings. The van der Waals surface area contributed by atoms with Gasteiger partial charge < -0.3 is 10.1 Å². The van der Waals surface area contributed by atoms with E-state index in [2.05, 4.69) is 5.32 Å². The highest BCUT2D eigenvalue weighted by atomic mass is 32.2. The van der Waals surface area contributed by atoms with Gasteiger partial charge in [-0.1, -0.05) is 18.6 Å². The van der Waals surface area contributed by atoms with Gasteiger partial charge in [-0.25, -0.2) is 8.42 Å². The minimum Gasteiger partial charge on any atom is -0.488 e. The van der Waals surface area contributed by atoms with Gasteiger partial charge in [0.25, 0.3) is 0 Å². The van der Waals surface area contributed by atoms with Gasteiger partial charge >= 0.3 is 0 Å². The second kappa shape index (κ2) is 6.71. The Morgan fingerprint density at radius 1 is 1.17 bits per heavy atom. The zero-order valence-corrected chi connectivity index (χ0v) is 14.7. The molecule has 0 aliphatic heterocycles. The summed E-state index contributed by atoms with van der Waals surface area (Å²) in [7, 11) is -2.93. The lowest BCUT2D eigenvalue weighted by atomic mass is 9.98. The summed E-state index contributed by atoms with van der Waals surface area (Å²) in [6.07, 6.45) is 9.68. The number of benzene rings is 1. The maximum atomic E-state index is 11.6. The summed E-state index contributed by atoms with van der Waals surface area (Å²) >= 11 is 0. The first kappa shape index (κ1) is 16.6. The highest BCUT2D eigenvalue weighted by Crippen LogP contribution is 2.47. The van der Waals surface area contributed by atoms with E-state index in [9.17, 15) is 8.42 Å². The molecule has 5 heteroatoms. The zero-order valence-electron chi connectivity index (χ0n) is 13.9. The van der Waals surface area contributed by atoms with E-state index in [1.54, 1.807) is 0 Å². The Kier molecular flexibility index (Phi) is 4.85. The third kappa shape index (κ3) is 4.87. The van der Waals surface area contributed by atoms with Crippen molar-refractivity contribution in [1.82, 2.24) is 0 Å². The van der Waals surface area contributed by atoms with Crippen LogP contribution in [0.2, 0.25) is 0 Å². The van der Waals surface area contributed by atoms with Crippen LogP contribution in [0.1, 0.15) is 44.9 Å². The van der Waals surface area contributed by atoms with Crippen LogP contribution in [0.3, 0.4) is 0 Å². The van der Waals surface area contributed by atoms with Crippen LogP contribution in [0, 0.1) is 5.41 Å². The van der Waals surface area contributed by atoms with Crippen molar-refractivity contribution in [3.63, 3.8) is 0 Å². The van der Waals surface area contributed by atoms with Crippen LogP contribution in [0.25, 0.3) is 0 Å². The van der Waals surface area contributed by atoms with Gasteiger partial charge in [-0.3, -0.25) is 0 Å².